The van der Waals surface area contributed by atoms with E-state index in [-0.39, 0.29) is 0 Å². The molecule has 0 aliphatic carbocycles. The van der Waals surface area contributed by atoms with E-state index in [9.17, 15) is 0 Å². The second-order valence-electron chi connectivity index (χ2n) is 8.05. The molecule has 0 unspecified atom stereocenters. The van der Waals surface area contributed by atoms with Crippen molar-refractivity contribution in [1.29, 1.82) is 0 Å². The highest BCUT2D eigenvalue weighted by Crippen LogP contribution is 2.29. The molecule has 0 radical (unpaired) electrons. The molecule has 2 heteroatoms. The maximum Gasteiger partial charge on any atom is 0.0421 e. The van der Waals surface area contributed by atoms with Gasteiger partial charge in [-0.1, -0.05) is 59.3 Å². The maximum atomic E-state index is 4.64. The number of aromatic amines is 1. The summed E-state index contributed by atoms with van der Waals surface area (Å²) in [4.78, 5) is 8.31. The molecule has 2 rings (SSSR count). The number of aromatic nitrogens is 2. The molecule has 0 aromatic carbocycles. The monoisotopic (exact) mass is 390 g/mol. The number of nitrogens with one attached hydrogen (secondary N) is 1. The Balaban J connectivity index is 2.31. The molecular weight excluding hydrogens is 352 g/mol. The van der Waals surface area contributed by atoms with E-state index < -0.39 is 0 Å². The minimum Gasteiger partial charge on any atom is -0.358 e. The Hall–Kier alpha value is -2.35. The van der Waals surface area contributed by atoms with E-state index in [1.807, 2.05) is 6.20 Å². The minimum absolute atomic E-state index is 1.02. The molecule has 0 aliphatic rings. The van der Waals surface area contributed by atoms with E-state index in [0.29, 0.717) is 0 Å². The summed E-state index contributed by atoms with van der Waals surface area (Å²) in [7, 11) is 0. The average Bonchev–Trinajstić information content (AvgIpc) is 3.14. The Morgan fingerprint density at radius 2 is 1.79 bits per heavy atom. The fourth-order valence-corrected chi connectivity index (χ4v) is 3.56. The van der Waals surface area contributed by atoms with E-state index >= 15 is 0 Å². The van der Waals surface area contributed by atoms with Gasteiger partial charge in [-0.25, -0.2) is 0 Å². The first kappa shape index (κ1) is 22.9. The largest absolute Gasteiger partial charge is 0.358 e. The second-order valence-corrected chi connectivity index (χ2v) is 8.05. The van der Waals surface area contributed by atoms with Crippen LogP contribution in [0.15, 0.2) is 43.6 Å². The lowest BCUT2D eigenvalue weighted by molar-refractivity contribution is 0.776. The molecule has 29 heavy (non-hydrogen) atoms. The molecule has 0 aliphatic heterocycles. The average molecular weight is 391 g/mol. The van der Waals surface area contributed by atoms with Gasteiger partial charge >= 0.3 is 0 Å². The Bertz CT molecular complexity index is 834. The van der Waals surface area contributed by atoms with Gasteiger partial charge in [0, 0.05) is 23.3 Å². The second kappa shape index (κ2) is 11.6. The fourth-order valence-electron chi connectivity index (χ4n) is 3.56. The van der Waals surface area contributed by atoms with Crippen LogP contribution >= 0.6 is 0 Å². The minimum atomic E-state index is 1.02. The lowest BCUT2D eigenvalue weighted by Gasteiger charge is -2.08. The number of pyridine rings is 1. The first-order valence-corrected chi connectivity index (χ1v) is 11.2. The molecule has 0 amide bonds. The molecule has 2 aromatic rings. The van der Waals surface area contributed by atoms with Gasteiger partial charge < -0.3 is 4.98 Å². The highest BCUT2D eigenvalue weighted by Gasteiger charge is 2.12. The molecular formula is C27H38N2. The zero-order valence-corrected chi connectivity index (χ0v) is 18.9. The molecule has 2 aromatic heterocycles. The molecule has 2 nitrogen and oxygen atoms in total. The van der Waals surface area contributed by atoms with Crippen LogP contribution in [0.1, 0.15) is 94.4 Å². The maximum absolute atomic E-state index is 4.64. The van der Waals surface area contributed by atoms with Crippen molar-refractivity contribution in [3.8, 4) is 0 Å². The zero-order valence-electron chi connectivity index (χ0n) is 18.9. The third-order valence-electron chi connectivity index (χ3n) is 5.34. The van der Waals surface area contributed by atoms with Crippen LogP contribution in [-0.4, -0.2) is 9.97 Å². The van der Waals surface area contributed by atoms with E-state index in [2.05, 4.69) is 75.1 Å². The number of allylic oxidation sites excluding steroid dienone is 4. The van der Waals surface area contributed by atoms with Gasteiger partial charge in [0.1, 0.15) is 0 Å². The summed E-state index contributed by atoms with van der Waals surface area (Å²) in [5.74, 6) is 0. The summed E-state index contributed by atoms with van der Waals surface area (Å²) >= 11 is 0. The zero-order chi connectivity index (χ0) is 21.2. The van der Waals surface area contributed by atoms with Gasteiger partial charge in [-0.3, -0.25) is 4.98 Å². The van der Waals surface area contributed by atoms with Gasteiger partial charge in [0.2, 0.25) is 0 Å². The lowest BCUT2D eigenvalue weighted by Crippen LogP contribution is -1.93. The molecule has 0 atom stereocenters. The van der Waals surface area contributed by atoms with Crippen LogP contribution in [0.3, 0.4) is 0 Å². The van der Waals surface area contributed by atoms with Crippen LogP contribution in [0.2, 0.25) is 0 Å². The van der Waals surface area contributed by atoms with Gasteiger partial charge in [0.25, 0.3) is 0 Å². The predicted octanol–water partition coefficient (Wildman–Crippen LogP) is 8.02. The first-order valence-electron chi connectivity index (χ1n) is 11.2. The van der Waals surface area contributed by atoms with Crippen molar-refractivity contribution in [2.45, 2.75) is 79.1 Å². The van der Waals surface area contributed by atoms with Crippen LogP contribution in [0.4, 0.5) is 0 Å². The number of nitrogens with zero attached hydrogens (tertiary/aromatic N) is 1. The topological polar surface area (TPSA) is 28.7 Å². The molecule has 0 fully saturated rings. The fraction of sp³-hybridized carbons (Fsp3) is 0.444. The Labute approximate surface area is 177 Å². The highest BCUT2D eigenvalue weighted by molar-refractivity contribution is 5.83. The molecule has 0 saturated heterocycles. The van der Waals surface area contributed by atoms with E-state index in [4.69, 9.17) is 0 Å². The molecule has 0 bridgehead atoms. The van der Waals surface area contributed by atoms with Crippen LogP contribution in [0, 0.1) is 0 Å². The van der Waals surface area contributed by atoms with Gasteiger partial charge in [0.15, 0.2) is 0 Å². The Morgan fingerprint density at radius 3 is 2.38 bits per heavy atom. The third kappa shape index (κ3) is 6.59. The van der Waals surface area contributed by atoms with Crippen molar-refractivity contribution in [2.24, 2.45) is 0 Å². The summed E-state index contributed by atoms with van der Waals surface area (Å²) in [6.45, 7) is 17.3. The van der Waals surface area contributed by atoms with E-state index in [0.717, 1.165) is 48.8 Å². The van der Waals surface area contributed by atoms with Crippen LogP contribution in [0.5, 0.6) is 0 Å². The highest BCUT2D eigenvalue weighted by atomic mass is 14.7. The van der Waals surface area contributed by atoms with Gasteiger partial charge in [-0.2, -0.15) is 0 Å². The number of aryl methyl sites for hydroxylation is 2. The van der Waals surface area contributed by atoms with Crippen molar-refractivity contribution in [2.75, 3.05) is 0 Å². The van der Waals surface area contributed by atoms with E-state index in [1.54, 1.807) is 0 Å². The van der Waals surface area contributed by atoms with Crippen molar-refractivity contribution in [3.63, 3.8) is 0 Å². The molecule has 1 N–H and O–H groups in total. The third-order valence-corrected chi connectivity index (χ3v) is 5.34. The van der Waals surface area contributed by atoms with E-state index in [1.165, 1.54) is 47.5 Å². The van der Waals surface area contributed by atoms with Gasteiger partial charge in [-0.05, 0) is 85.1 Å². The molecule has 156 valence electrons. The van der Waals surface area contributed by atoms with Crippen LogP contribution < -0.4 is 0 Å². The standard InChI is InChI=1S/C27H38N2/c1-7-10-13-22(27-18-25(20(4)5)26(29-27)12-9-3)17-21(6)23-15-16-24(28-19-23)14-11-8-2/h15-19,29H,4,6-14H2,1-3,5H3/b22-17+. The molecule has 0 spiro atoms. The van der Waals surface area contributed by atoms with Crippen molar-refractivity contribution in [1.82, 2.24) is 9.97 Å². The number of hydrogen-bond acceptors (Lipinski definition) is 1. The smallest absolute Gasteiger partial charge is 0.0421 e. The number of unbranched alkanes of at least 4 members (excludes halogenated alkanes) is 2. The Morgan fingerprint density at radius 1 is 1.03 bits per heavy atom. The first-order chi connectivity index (χ1) is 14.0. The van der Waals surface area contributed by atoms with Crippen LogP contribution in [0.25, 0.3) is 16.7 Å². The summed E-state index contributed by atoms with van der Waals surface area (Å²) in [5.41, 5.74) is 9.48. The summed E-state index contributed by atoms with van der Waals surface area (Å²) in [5, 5.41) is 0. The summed E-state index contributed by atoms with van der Waals surface area (Å²) in [6.07, 6.45) is 13.2. The lowest BCUT2D eigenvalue weighted by atomic mass is 9.99. The molecule has 2 heterocycles. The van der Waals surface area contributed by atoms with Gasteiger partial charge in [-0.15, -0.1) is 0 Å². The van der Waals surface area contributed by atoms with Crippen LogP contribution in [-0.2, 0) is 12.8 Å². The number of rotatable bonds is 12. The SMILES string of the molecule is C=C(/C=C(\CCCC)c1cc(C(=C)C)c(CCC)[nH]1)c1ccc(CCCC)nc1. The summed E-state index contributed by atoms with van der Waals surface area (Å²) in [6, 6.07) is 6.57. The van der Waals surface area contributed by atoms with Gasteiger partial charge in [0.05, 0.1) is 0 Å². The normalized spacial score (nSPS) is 11.7. The van der Waals surface area contributed by atoms with Crippen molar-refractivity contribution < 1.29 is 0 Å². The Kier molecular flexibility index (Phi) is 9.18. The molecule has 0 saturated carbocycles. The predicted molar refractivity (Wildman–Crippen MR) is 129 cm³/mol. The number of hydrogen-bond donors (Lipinski definition) is 1. The van der Waals surface area contributed by atoms with Crippen molar-refractivity contribution in [3.05, 3.63) is 71.8 Å². The quantitative estimate of drug-likeness (QED) is 0.365. The summed E-state index contributed by atoms with van der Waals surface area (Å²) < 4.78 is 0. The van der Waals surface area contributed by atoms with Crippen molar-refractivity contribution >= 4 is 16.7 Å². The number of H-pyrrole nitrogens is 1.